The minimum Gasteiger partial charge on any atom is -0.467 e. The number of aromatic nitrogens is 2. The Morgan fingerprint density at radius 2 is 2.04 bits per heavy atom. The maximum absolute atomic E-state index is 12.2. The molecule has 0 spiro atoms. The molecule has 1 N–H and O–H groups in total. The molecule has 0 unspecified atom stereocenters. The molecule has 2 heterocycles. The van der Waals surface area contributed by atoms with E-state index in [0.29, 0.717) is 25.9 Å². The molecule has 0 aliphatic heterocycles. The first kappa shape index (κ1) is 20.1. The SMILES string of the molecule is Cc1ccc(Cc2nsc(N(CCC(=O)NCc3ccco3)C(C)C)n2)cc1. The van der Waals surface area contributed by atoms with E-state index in [1.54, 1.807) is 6.26 Å². The van der Waals surface area contributed by atoms with E-state index in [9.17, 15) is 4.79 Å². The van der Waals surface area contributed by atoms with Crippen LogP contribution >= 0.6 is 11.5 Å². The van der Waals surface area contributed by atoms with Crippen LogP contribution < -0.4 is 10.2 Å². The van der Waals surface area contributed by atoms with Crippen LogP contribution in [0.3, 0.4) is 0 Å². The van der Waals surface area contributed by atoms with Gasteiger partial charge in [0.05, 0.1) is 12.8 Å². The second-order valence-corrected chi connectivity index (χ2v) is 7.78. The topological polar surface area (TPSA) is 71.3 Å². The molecule has 0 aliphatic carbocycles. The highest BCUT2D eigenvalue weighted by Gasteiger charge is 2.17. The fraction of sp³-hybridized carbons (Fsp3) is 0.381. The van der Waals surface area contributed by atoms with Crippen molar-refractivity contribution in [3.8, 4) is 0 Å². The van der Waals surface area contributed by atoms with E-state index in [-0.39, 0.29) is 11.9 Å². The lowest BCUT2D eigenvalue weighted by Crippen LogP contribution is -2.35. The molecule has 28 heavy (non-hydrogen) atoms. The Morgan fingerprint density at radius 3 is 2.71 bits per heavy atom. The largest absolute Gasteiger partial charge is 0.467 e. The number of nitrogens with zero attached hydrogens (tertiary/aromatic N) is 3. The molecule has 0 saturated carbocycles. The number of rotatable bonds is 9. The summed E-state index contributed by atoms with van der Waals surface area (Å²) in [6, 6.07) is 12.3. The van der Waals surface area contributed by atoms with Crippen LogP contribution in [0, 0.1) is 6.92 Å². The van der Waals surface area contributed by atoms with E-state index >= 15 is 0 Å². The van der Waals surface area contributed by atoms with Crippen LogP contribution in [0.5, 0.6) is 0 Å². The standard InChI is InChI=1S/C21H26N4O2S/c1-15(2)25(11-10-20(26)22-14-18-5-4-12-27-18)21-23-19(24-28-21)13-17-8-6-16(3)7-9-17/h4-9,12,15H,10-11,13-14H2,1-3H3,(H,22,26). The van der Waals surface area contributed by atoms with Crippen molar-refractivity contribution in [3.05, 3.63) is 65.4 Å². The zero-order valence-corrected chi connectivity index (χ0v) is 17.3. The zero-order chi connectivity index (χ0) is 19.9. The van der Waals surface area contributed by atoms with Crippen molar-refractivity contribution in [1.82, 2.24) is 14.7 Å². The number of hydrogen-bond acceptors (Lipinski definition) is 6. The summed E-state index contributed by atoms with van der Waals surface area (Å²) in [6.45, 7) is 7.28. The Kier molecular flexibility index (Phi) is 6.81. The molecule has 0 saturated heterocycles. The van der Waals surface area contributed by atoms with Crippen LogP contribution in [0.4, 0.5) is 5.13 Å². The maximum Gasteiger partial charge on any atom is 0.222 e. The van der Waals surface area contributed by atoms with Crippen LogP contribution in [0.1, 0.15) is 43.0 Å². The summed E-state index contributed by atoms with van der Waals surface area (Å²) in [5, 5.41) is 3.74. The number of hydrogen-bond donors (Lipinski definition) is 1. The van der Waals surface area contributed by atoms with Crippen LogP contribution in [0.2, 0.25) is 0 Å². The van der Waals surface area contributed by atoms with Crippen molar-refractivity contribution in [2.75, 3.05) is 11.4 Å². The van der Waals surface area contributed by atoms with Crippen molar-refractivity contribution >= 4 is 22.6 Å². The minimum absolute atomic E-state index is 0.00792. The van der Waals surface area contributed by atoms with Crippen molar-refractivity contribution in [1.29, 1.82) is 0 Å². The highest BCUT2D eigenvalue weighted by molar-refractivity contribution is 7.09. The fourth-order valence-corrected chi connectivity index (χ4v) is 3.65. The van der Waals surface area contributed by atoms with Gasteiger partial charge in [-0.1, -0.05) is 29.8 Å². The average molecular weight is 399 g/mol. The second kappa shape index (κ2) is 9.50. The van der Waals surface area contributed by atoms with E-state index in [1.165, 1.54) is 22.7 Å². The normalized spacial score (nSPS) is 11.0. The van der Waals surface area contributed by atoms with E-state index in [0.717, 1.165) is 16.7 Å². The molecule has 1 aromatic carbocycles. The van der Waals surface area contributed by atoms with E-state index in [2.05, 4.69) is 59.6 Å². The fourth-order valence-electron chi connectivity index (χ4n) is 2.81. The van der Waals surface area contributed by atoms with E-state index in [1.807, 2.05) is 12.1 Å². The molecule has 7 heteroatoms. The van der Waals surface area contributed by atoms with Gasteiger partial charge in [-0.3, -0.25) is 4.79 Å². The molecular weight excluding hydrogens is 372 g/mol. The Balaban J connectivity index is 1.55. The number of anilines is 1. The van der Waals surface area contributed by atoms with Crippen molar-refractivity contribution in [3.63, 3.8) is 0 Å². The number of amides is 1. The van der Waals surface area contributed by atoms with Gasteiger partial charge in [0.25, 0.3) is 0 Å². The number of aryl methyl sites for hydroxylation is 1. The first-order valence-corrected chi connectivity index (χ1v) is 10.2. The summed E-state index contributed by atoms with van der Waals surface area (Å²) in [7, 11) is 0. The Bertz CT molecular complexity index is 872. The van der Waals surface area contributed by atoms with Gasteiger partial charge in [-0.25, -0.2) is 4.98 Å². The first-order valence-electron chi connectivity index (χ1n) is 9.45. The number of nitrogens with one attached hydrogen (secondary N) is 1. The highest BCUT2D eigenvalue weighted by atomic mass is 32.1. The zero-order valence-electron chi connectivity index (χ0n) is 16.5. The minimum atomic E-state index is -0.00792. The summed E-state index contributed by atoms with van der Waals surface area (Å²) in [5.41, 5.74) is 2.44. The van der Waals surface area contributed by atoms with Gasteiger partial charge in [-0.05, 0) is 38.5 Å². The lowest BCUT2D eigenvalue weighted by Gasteiger charge is -2.25. The van der Waals surface area contributed by atoms with Gasteiger partial charge >= 0.3 is 0 Å². The quantitative estimate of drug-likeness (QED) is 0.591. The first-order chi connectivity index (χ1) is 13.5. The number of carbonyl (C=O) groups is 1. The van der Waals surface area contributed by atoms with Gasteiger partial charge in [0.2, 0.25) is 11.0 Å². The number of carbonyl (C=O) groups excluding carboxylic acids is 1. The predicted octanol–water partition coefficient (Wildman–Crippen LogP) is 3.95. The molecule has 0 aliphatic rings. The molecular formula is C21H26N4O2S. The second-order valence-electron chi connectivity index (χ2n) is 7.05. The van der Waals surface area contributed by atoms with Crippen LogP contribution in [-0.4, -0.2) is 27.9 Å². The summed E-state index contributed by atoms with van der Waals surface area (Å²) in [4.78, 5) is 19.0. The van der Waals surface area contributed by atoms with Gasteiger partial charge in [0.1, 0.15) is 11.6 Å². The van der Waals surface area contributed by atoms with Gasteiger partial charge in [0, 0.05) is 37.0 Å². The Morgan fingerprint density at radius 1 is 1.25 bits per heavy atom. The Labute approximate surface area is 169 Å². The van der Waals surface area contributed by atoms with E-state index < -0.39 is 0 Å². The summed E-state index contributed by atoms with van der Waals surface area (Å²) < 4.78 is 9.74. The van der Waals surface area contributed by atoms with Crippen molar-refractivity contribution in [2.24, 2.45) is 0 Å². The molecule has 0 radical (unpaired) electrons. The molecule has 6 nitrogen and oxygen atoms in total. The van der Waals surface area contributed by atoms with Crippen LogP contribution in [-0.2, 0) is 17.8 Å². The van der Waals surface area contributed by atoms with Crippen LogP contribution in [0.15, 0.2) is 47.1 Å². The Hall–Kier alpha value is -2.67. The predicted molar refractivity (Wildman–Crippen MR) is 112 cm³/mol. The van der Waals surface area contributed by atoms with Crippen LogP contribution in [0.25, 0.3) is 0 Å². The lowest BCUT2D eigenvalue weighted by atomic mass is 10.1. The molecule has 0 atom stereocenters. The highest BCUT2D eigenvalue weighted by Crippen LogP contribution is 2.21. The molecule has 3 aromatic rings. The molecule has 0 bridgehead atoms. The van der Waals surface area contributed by atoms with Gasteiger partial charge in [-0.2, -0.15) is 4.37 Å². The average Bonchev–Trinajstić information content (AvgIpc) is 3.34. The van der Waals surface area contributed by atoms with Crippen molar-refractivity contribution in [2.45, 2.75) is 46.2 Å². The lowest BCUT2D eigenvalue weighted by molar-refractivity contribution is -0.121. The van der Waals surface area contributed by atoms with Gasteiger partial charge in [0.15, 0.2) is 0 Å². The summed E-state index contributed by atoms with van der Waals surface area (Å²) >= 11 is 1.39. The molecule has 148 valence electrons. The van der Waals surface area contributed by atoms with Gasteiger partial charge < -0.3 is 14.6 Å². The molecule has 3 rings (SSSR count). The summed E-state index contributed by atoms with van der Waals surface area (Å²) in [6.07, 6.45) is 2.71. The molecule has 1 amide bonds. The van der Waals surface area contributed by atoms with Crippen molar-refractivity contribution < 1.29 is 9.21 Å². The third kappa shape index (κ3) is 5.66. The third-order valence-corrected chi connectivity index (χ3v) is 5.22. The third-order valence-electron chi connectivity index (χ3n) is 4.43. The summed E-state index contributed by atoms with van der Waals surface area (Å²) in [5.74, 6) is 1.56. The number of furan rings is 1. The molecule has 0 fully saturated rings. The van der Waals surface area contributed by atoms with Gasteiger partial charge in [-0.15, -0.1) is 0 Å². The maximum atomic E-state index is 12.2. The van der Waals surface area contributed by atoms with E-state index in [4.69, 9.17) is 9.40 Å². The monoisotopic (exact) mass is 398 g/mol. The number of benzene rings is 1. The smallest absolute Gasteiger partial charge is 0.222 e. The molecule has 2 aromatic heterocycles.